The molecule has 0 aliphatic rings. The Kier molecular flexibility index (Phi) is 5.55. The highest BCUT2D eigenvalue weighted by molar-refractivity contribution is 7.89. The second kappa shape index (κ2) is 7.86. The van der Waals surface area contributed by atoms with Crippen molar-refractivity contribution >= 4 is 21.4 Å². The number of nitrogens with one attached hydrogen (secondary N) is 1. The standard InChI is InChI=1S/C18H18N2O4S2/c1-23-14-5-3-13(4-6-14)17-12-25-18(20-17)11-19-26(21,22)16-9-7-15(24-2)8-10-16/h3-10,12,19H,11H2,1-2H3. The van der Waals surface area contributed by atoms with Gasteiger partial charge in [0.1, 0.15) is 16.5 Å². The van der Waals surface area contributed by atoms with Crippen LogP contribution in [-0.2, 0) is 16.6 Å². The summed E-state index contributed by atoms with van der Waals surface area (Å²) < 4.78 is 37.5. The highest BCUT2D eigenvalue weighted by atomic mass is 32.2. The molecule has 0 saturated heterocycles. The molecule has 0 atom stereocenters. The van der Waals surface area contributed by atoms with E-state index >= 15 is 0 Å². The molecule has 1 N–H and O–H groups in total. The minimum Gasteiger partial charge on any atom is -0.497 e. The van der Waals surface area contributed by atoms with E-state index < -0.39 is 10.0 Å². The molecule has 0 fully saturated rings. The van der Waals surface area contributed by atoms with Gasteiger partial charge in [0.15, 0.2) is 0 Å². The molecule has 3 rings (SSSR count). The van der Waals surface area contributed by atoms with Gasteiger partial charge in [0.2, 0.25) is 10.0 Å². The number of thiazole rings is 1. The fourth-order valence-electron chi connectivity index (χ4n) is 2.28. The van der Waals surface area contributed by atoms with Gasteiger partial charge < -0.3 is 9.47 Å². The summed E-state index contributed by atoms with van der Waals surface area (Å²) in [6.45, 7) is 0.134. The van der Waals surface area contributed by atoms with Gasteiger partial charge in [-0.05, 0) is 48.5 Å². The zero-order valence-electron chi connectivity index (χ0n) is 14.3. The number of hydrogen-bond acceptors (Lipinski definition) is 6. The van der Waals surface area contributed by atoms with Crippen molar-refractivity contribution in [2.75, 3.05) is 14.2 Å². The monoisotopic (exact) mass is 390 g/mol. The molecule has 6 nitrogen and oxygen atoms in total. The van der Waals surface area contributed by atoms with Crippen LogP contribution in [0.5, 0.6) is 11.5 Å². The Balaban J connectivity index is 1.68. The number of hydrogen-bond donors (Lipinski definition) is 1. The Morgan fingerprint density at radius 2 is 1.54 bits per heavy atom. The average Bonchev–Trinajstić information content (AvgIpc) is 3.16. The fraction of sp³-hybridized carbons (Fsp3) is 0.167. The van der Waals surface area contributed by atoms with Gasteiger partial charge in [0, 0.05) is 10.9 Å². The molecule has 0 bridgehead atoms. The third kappa shape index (κ3) is 4.21. The number of ether oxygens (including phenoxy) is 2. The lowest BCUT2D eigenvalue weighted by molar-refractivity contribution is 0.414. The zero-order valence-corrected chi connectivity index (χ0v) is 15.9. The summed E-state index contributed by atoms with van der Waals surface area (Å²) >= 11 is 1.41. The molecule has 0 aliphatic carbocycles. The Bertz CT molecular complexity index is 965. The molecule has 8 heteroatoms. The van der Waals surface area contributed by atoms with Crippen molar-refractivity contribution in [3.05, 3.63) is 58.9 Å². The van der Waals surface area contributed by atoms with E-state index in [4.69, 9.17) is 9.47 Å². The van der Waals surface area contributed by atoms with Crippen LogP contribution >= 0.6 is 11.3 Å². The van der Waals surface area contributed by atoms with Crippen LogP contribution in [0.25, 0.3) is 11.3 Å². The maximum atomic E-state index is 12.4. The number of methoxy groups -OCH3 is 2. The van der Waals surface area contributed by atoms with Gasteiger partial charge in [-0.25, -0.2) is 18.1 Å². The Morgan fingerprint density at radius 3 is 2.12 bits per heavy atom. The summed E-state index contributed by atoms with van der Waals surface area (Å²) in [5.74, 6) is 1.38. The molecule has 0 aliphatic heterocycles. The normalized spacial score (nSPS) is 11.3. The number of benzene rings is 2. The highest BCUT2D eigenvalue weighted by Crippen LogP contribution is 2.24. The van der Waals surface area contributed by atoms with Crippen molar-refractivity contribution in [1.29, 1.82) is 0 Å². The van der Waals surface area contributed by atoms with E-state index in [1.807, 2.05) is 29.6 Å². The topological polar surface area (TPSA) is 77.5 Å². The van der Waals surface area contributed by atoms with Crippen molar-refractivity contribution in [3.8, 4) is 22.8 Å². The Morgan fingerprint density at radius 1 is 0.962 bits per heavy atom. The van der Waals surface area contributed by atoms with E-state index in [0.717, 1.165) is 17.0 Å². The first-order valence-electron chi connectivity index (χ1n) is 7.74. The summed E-state index contributed by atoms with van der Waals surface area (Å²) in [6, 6.07) is 13.8. The summed E-state index contributed by atoms with van der Waals surface area (Å²) in [6.07, 6.45) is 0. The number of rotatable bonds is 7. The maximum absolute atomic E-state index is 12.4. The smallest absolute Gasteiger partial charge is 0.240 e. The lowest BCUT2D eigenvalue weighted by atomic mass is 10.2. The van der Waals surface area contributed by atoms with Crippen LogP contribution in [0.4, 0.5) is 0 Å². The molecule has 0 spiro atoms. The Labute approximate surface area is 156 Å². The summed E-state index contributed by atoms with van der Waals surface area (Å²) in [7, 11) is -0.455. The van der Waals surface area contributed by atoms with Crippen molar-refractivity contribution in [2.24, 2.45) is 0 Å². The van der Waals surface area contributed by atoms with Crippen LogP contribution in [0.3, 0.4) is 0 Å². The number of aromatic nitrogens is 1. The van der Waals surface area contributed by atoms with Gasteiger partial charge in [0.25, 0.3) is 0 Å². The van der Waals surface area contributed by atoms with Gasteiger partial charge in [-0.1, -0.05) is 0 Å². The van der Waals surface area contributed by atoms with Crippen molar-refractivity contribution in [1.82, 2.24) is 9.71 Å². The predicted octanol–water partition coefficient (Wildman–Crippen LogP) is 3.31. The lowest BCUT2D eigenvalue weighted by Crippen LogP contribution is -2.23. The van der Waals surface area contributed by atoms with Gasteiger partial charge in [0.05, 0.1) is 31.4 Å². The lowest BCUT2D eigenvalue weighted by Gasteiger charge is -2.06. The average molecular weight is 390 g/mol. The van der Waals surface area contributed by atoms with Crippen molar-refractivity contribution in [3.63, 3.8) is 0 Å². The summed E-state index contributed by atoms with van der Waals surface area (Å²) in [5, 5.41) is 2.59. The number of nitrogens with zero attached hydrogens (tertiary/aromatic N) is 1. The molecule has 26 heavy (non-hydrogen) atoms. The van der Waals surface area contributed by atoms with Gasteiger partial charge in [-0.2, -0.15) is 0 Å². The molecule has 1 heterocycles. The molecule has 0 amide bonds. The summed E-state index contributed by atoms with van der Waals surface area (Å²) in [4.78, 5) is 4.68. The second-order valence-electron chi connectivity index (χ2n) is 5.36. The molecule has 136 valence electrons. The molecule has 2 aromatic carbocycles. The molecule has 0 saturated carbocycles. The van der Waals surface area contributed by atoms with E-state index in [1.165, 1.54) is 30.6 Å². The van der Waals surface area contributed by atoms with E-state index in [-0.39, 0.29) is 11.4 Å². The first-order valence-corrected chi connectivity index (χ1v) is 10.1. The Hall–Kier alpha value is -2.42. The molecule has 0 unspecified atom stereocenters. The van der Waals surface area contributed by atoms with Crippen LogP contribution in [0.2, 0.25) is 0 Å². The molecule has 0 radical (unpaired) electrons. The first-order chi connectivity index (χ1) is 12.5. The van der Waals surface area contributed by atoms with E-state index in [0.29, 0.717) is 10.8 Å². The van der Waals surface area contributed by atoms with Crippen LogP contribution in [0, 0.1) is 0 Å². The van der Waals surface area contributed by atoms with Crippen molar-refractivity contribution in [2.45, 2.75) is 11.4 Å². The molecular formula is C18H18N2O4S2. The van der Waals surface area contributed by atoms with Crippen LogP contribution < -0.4 is 14.2 Å². The third-order valence-electron chi connectivity index (χ3n) is 3.72. The summed E-state index contributed by atoms with van der Waals surface area (Å²) in [5.41, 5.74) is 1.75. The van der Waals surface area contributed by atoms with E-state index in [9.17, 15) is 8.42 Å². The van der Waals surface area contributed by atoms with E-state index in [1.54, 1.807) is 19.2 Å². The number of sulfonamides is 1. The van der Waals surface area contributed by atoms with Crippen LogP contribution in [0.15, 0.2) is 58.8 Å². The largest absolute Gasteiger partial charge is 0.497 e. The third-order valence-corrected chi connectivity index (χ3v) is 5.99. The first kappa shape index (κ1) is 18.4. The second-order valence-corrected chi connectivity index (χ2v) is 8.06. The minimum atomic E-state index is -3.60. The van der Waals surface area contributed by atoms with E-state index in [2.05, 4.69) is 9.71 Å². The molecule has 1 aromatic heterocycles. The highest BCUT2D eigenvalue weighted by Gasteiger charge is 2.15. The quantitative estimate of drug-likeness (QED) is 0.670. The van der Waals surface area contributed by atoms with Gasteiger partial charge >= 0.3 is 0 Å². The predicted molar refractivity (Wildman–Crippen MR) is 101 cm³/mol. The fourth-order valence-corrected chi connectivity index (χ4v) is 4.10. The van der Waals surface area contributed by atoms with Gasteiger partial charge in [-0.3, -0.25) is 0 Å². The zero-order chi connectivity index (χ0) is 18.6. The molecular weight excluding hydrogens is 372 g/mol. The maximum Gasteiger partial charge on any atom is 0.240 e. The van der Waals surface area contributed by atoms with Crippen molar-refractivity contribution < 1.29 is 17.9 Å². The SMILES string of the molecule is COc1ccc(-c2csc(CNS(=O)(=O)c3ccc(OC)cc3)n2)cc1. The van der Waals surface area contributed by atoms with Gasteiger partial charge in [-0.15, -0.1) is 11.3 Å². The molecule has 3 aromatic rings. The van der Waals surface area contributed by atoms with Crippen LogP contribution in [-0.4, -0.2) is 27.6 Å². The minimum absolute atomic E-state index is 0.134. The van der Waals surface area contributed by atoms with Crippen LogP contribution in [0.1, 0.15) is 5.01 Å².